The van der Waals surface area contributed by atoms with E-state index in [2.05, 4.69) is 39.3 Å². The molecule has 2 aromatic carbocycles. The van der Waals surface area contributed by atoms with Gasteiger partial charge in [0, 0.05) is 32.9 Å². The summed E-state index contributed by atoms with van der Waals surface area (Å²) >= 11 is 10.3. The van der Waals surface area contributed by atoms with Crippen LogP contribution in [-0.4, -0.2) is 20.9 Å². The molecular weight excluding hydrogens is 480 g/mol. The van der Waals surface area contributed by atoms with Gasteiger partial charge < -0.3 is 0 Å². The van der Waals surface area contributed by atoms with Crippen LogP contribution in [0.25, 0.3) is 0 Å². The Morgan fingerprint density at radius 3 is 2.56 bits per heavy atom. The van der Waals surface area contributed by atoms with Crippen molar-refractivity contribution in [2.75, 3.05) is 5.32 Å². The Morgan fingerprint density at radius 1 is 1.06 bits per heavy atom. The van der Waals surface area contributed by atoms with Crippen LogP contribution in [0.1, 0.15) is 26.5 Å². The van der Waals surface area contributed by atoms with Gasteiger partial charge in [0.2, 0.25) is 0 Å². The van der Waals surface area contributed by atoms with Gasteiger partial charge in [-0.25, -0.2) is 15.0 Å². The number of rotatable bonds is 7. The zero-order chi connectivity index (χ0) is 22.5. The number of hydrogen-bond acceptors (Lipinski definition) is 7. The first kappa shape index (κ1) is 22.8. The molecule has 0 saturated heterocycles. The molecular formula is C23H19ClN4OS3. The minimum absolute atomic E-state index is 0.309. The molecule has 32 heavy (non-hydrogen) atoms. The summed E-state index contributed by atoms with van der Waals surface area (Å²) in [6.07, 6.45) is 3.43. The van der Waals surface area contributed by atoms with Crippen molar-refractivity contribution in [3.8, 4) is 0 Å². The maximum atomic E-state index is 13.1. The molecule has 4 rings (SSSR count). The standard InChI is InChI=1S/C23H19ClN4OS3/c1-14-5-3-4-6-16(14)13-30-22-26-12-19(32-18-9-7-17(24)8-10-18)20(27-22)21(29)28-23-25-11-15(2)31-23/h3-12H,13H2,1-2H3,(H,25,28,29). The van der Waals surface area contributed by atoms with Crippen LogP contribution in [0.15, 0.2) is 75.9 Å². The summed E-state index contributed by atoms with van der Waals surface area (Å²) in [5, 5.41) is 4.61. The minimum Gasteiger partial charge on any atom is -0.296 e. The Hall–Kier alpha value is -2.39. The SMILES string of the molecule is Cc1cnc(NC(=O)c2nc(SCc3ccccc3C)ncc2Sc2ccc(Cl)cc2)s1. The lowest BCUT2D eigenvalue weighted by molar-refractivity contribution is 0.101. The molecule has 4 aromatic rings. The number of nitrogens with zero attached hydrogens (tertiary/aromatic N) is 3. The zero-order valence-corrected chi connectivity index (χ0v) is 20.5. The van der Waals surface area contributed by atoms with Gasteiger partial charge in [0.25, 0.3) is 5.91 Å². The van der Waals surface area contributed by atoms with Crippen LogP contribution in [0.2, 0.25) is 5.02 Å². The van der Waals surface area contributed by atoms with E-state index in [4.69, 9.17) is 11.6 Å². The van der Waals surface area contributed by atoms with Gasteiger partial charge >= 0.3 is 0 Å². The van der Waals surface area contributed by atoms with Crippen LogP contribution in [0, 0.1) is 13.8 Å². The van der Waals surface area contributed by atoms with Gasteiger partial charge in [-0.05, 0) is 49.2 Å². The van der Waals surface area contributed by atoms with Crippen molar-refractivity contribution < 1.29 is 4.79 Å². The first-order valence-electron chi connectivity index (χ1n) is 9.69. The fourth-order valence-corrected chi connectivity index (χ4v) is 5.32. The number of nitrogens with one attached hydrogen (secondary N) is 1. The molecule has 1 N–H and O–H groups in total. The van der Waals surface area contributed by atoms with Crippen LogP contribution in [0.4, 0.5) is 5.13 Å². The Kier molecular flexibility index (Phi) is 7.47. The summed E-state index contributed by atoms with van der Waals surface area (Å²) in [6.45, 7) is 4.03. The van der Waals surface area contributed by atoms with Crippen LogP contribution in [0.5, 0.6) is 0 Å². The quantitative estimate of drug-likeness (QED) is 0.221. The van der Waals surface area contributed by atoms with E-state index in [0.29, 0.717) is 25.9 Å². The van der Waals surface area contributed by atoms with Gasteiger partial charge in [-0.15, -0.1) is 11.3 Å². The summed E-state index contributed by atoms with van der Waals surface area (Å²) in [6, 6.07) is 15.6. The van der Waals surface area contributed by atoms with Crippen molar-refractivity contribution >= 4 is 57.5 Å². The predicted molar refractivity (Wildman–Crippen MR) is 133 cm³/mol. The Bertz CT molecular complexity index is 1240. The second-order valence-electron chi connectivity index (χ2n) is 6.87. The molecule has 0 saturated carbocycles. The number of halogens is 1. The molecule has 0 spiro atoms. The van der Waals surface area contributed by atoms with E-state index in [1.165, 1.54) is 46.0 Å². The number of anilines is 1. The molecule has 5 nitrogen and oxygen atoms in total. The highest BCUT2D eigenvalue weighted by Crippen LogP contribution is 2.32. The lowest BCUT2D eigenvalue weighted by Gasteiger charge is -2.10. The number of hydrogen-bond donors (Lipinski definition) is 1. The molecule has 0 atom stereocenters. The molecule has 0 aliphatic carbocycles. The van der Waals surface area contributed by atoms with Crippen molar-refractivity contribution in [3.63, 3.8) is 0 Å². The third-order valence-electron chi connectivity index (χ3n) is 4.45. The van der Waals surface area contributed by atoms with Gasteiger partial charge in [0.1, 0.15) is 5.69 Å². The van der Waals surface area contributed by atoms with Crippen LogP contribution < -0.4 is 5.32 Å². The summed E-state index contributed by atoms with van der Waals surface area (Å²) in [5.74, 6) is 0.416. The molecule has 2 aromatic heterocycles. The Labute approximate surface area is 204 Å². The van der Waals surface area contributed by atoms with Gasteiger partial charge in [-0.3, -0.25) is 10.1 Å². The molecule has 9 heteroatoms. The van der Waals surface area contributed by atoms with Crippen molar-refractivity contribution in [2.45, 2.75) is 34.5 Å². The average molecular weight is 499 g/mol. The Balaban J connectivity index is 1.60. The highest BCUT2D eigenvalue weighted by atomic mass is 35.5. The highest BCUT2D eigenvalue weighted by molar-refractivity contribution is 7.99. The topological polar surface area (TPSA) is 67.8 Å². The second kappa shape index (κ2) is 10.5. The first-order valence-corrected chi connectivity index (χ1v) is 12.7. The normalized spacial score (nSPS) is 10.8. The number of aryl methyl sites for hydroxylation is 2. The largest absolute Gasteiger partial charge is 0.296 e. The molecule has 1 amide bonds. The summed E-state index contributed by atoms with van der Waals surface area (Å²) < 4.78 is 0. The molecule has 2 heterocycles. The highest BCUT2D eigenvalue weighted by Gasteiger charge is 2.18. The zero-order valence-electron chi connectivity index (χ0n) is 17.3. The first-order chi connectivity index (χ1) is 15.5. The van der Waals surface area contributed by atoms with E-state index in [0.717, 1.165) is 15.5 Å². The van der Waals surface area contributed by atoms with E-state index < -0.39 is 0 Å². The molecule has 0 aliphatic rings. The lowest BCUT2D eigenvalue weighted by atomic mass is 10.1. The van der Waals surface area contributed by atoms with E-state index >= 15 is 0 Å². The fraction of sp³-hybridized carbons (Fsp3) is 0.130. The van der Waals surface area contributed by atoms with E-state index in [-0.39, 0.29) is 5.91 Å². The van der Waals surface area contributed by atoms with Crippen molar-refractivity contribution in [1.82, 2.24) is 15.0 Å². The summed E-state index contributed by atoms with van der Waals surface area (Å²) in [7, 11) is 0. The van der Waals surface area contributed by atoms with Crippen molar-refractivity contribution in [3.05, 3.63) is 87.6 Å². The number of thioether (sulfide) groups is 1. The number of aromatic nitrogens is 3. The van der Waals surface area contributed by atoms with Crippen LogP contribution in [-0.2, 0) is 5.75 Å². The third kappa shape index (κ3) is 5.89. The van der Waals surface area contributed by atoms with E-state index in [1.807, 2.05) is 43.3 Å². The predicted octanol–water partition coefficient (Wildman–Crippen LogP) is 6.90. The smallest absolute Gasteiger partial charge is 0.277 e. The number of carbonyl (C=O) groups is 1. The third-order valence-corrected chi connectivity index (χ3v) is 7.47. The average Bonchev–Trinajstić information content (AvgIpc) is 3.20. The number of benzene rings is 2. The molecule has 162 valence electrons. The monoisotopic (exact) mass is 498 g/mol. The molecule has 0 aliphatic heterocycles. The molecule has 0 unspecified atom stereocenters. The van der Waals surface area contributed by atoms with E-state index in [9.17, 15) is 4.79 Å². The lowest BCUT2D eigenvalue weighted by Crippen LogP contribution is -2.15. The maximum Gasteiger partial charge on any atom is 0.277 e. The van der Waals surface area contributed by atoms with Crippen LogP contribution in [0.3, 0.4) is 0 Å². The number of carbonyl (C=O) groups excluding carboxylic acids is 1. The van der Waals surface area contributed by atoms with Gasteiger partial charge in [-0.1, -0.05) is 59.4 Å². The summed E-state index contributed by atoms with van der Waals surface area (Å²) in [5.41, 5.74) is 2.75. The van der Waals surface area contributed by atoms with Crippen LogP contribution >= 0.6 is 46.5 Å². The molecule has 0 radical (unpaired) electrons. The van der Waals surface area contributed by atoms with Crippen molar-refractivity contribution in [1.29, 1.82) is 0 Å². The van der Waals surface area contributed by atoms with Crippen molar-refractivity contribution in [2.24, 2.45) is 0 Å². The van der Waals surface area contributed by atoms with Gasteiger partial charge in [-0.2, -0.15) is 0 Å². The second-order valence-corrected chi connectivity index (χ2v) is 10.6. The fourth-order valence-electron chi connectivity index (χ4n) is 2.77. The molecule has 0 fully saturated rings. The molecule has 0 bridgehead atoms. The number of amides is 1. The Morgan fingerprint density at radius 2 is 1.84 bits per heavy atom. The van der Waals surface area contributed by atoms with Gasteiger partial charge in [0.05, 0.1) is 4.90 Å². The van der Waals surface area contributed by atoms with E-state index in [1.54, 1.807) is 12.4 Å². The van der Waals surface area contributed by atoms with Gasteiger partial charge in [0.15, 0.2) is 10.3 Å². The number of thiazole rings is 1. The minimum atomic E-state index is -0.309. The summed E-state index contributed by atoms with van der Waals surface area (Å²) in [4.78, 5) is 29.1. The maximum absolute atomic E-state index is 13.1.